The Kier molecular flexibility index (Phi) is 4.70. The molecule has 0 saturated carbocycles. The molecule has 24 heavy (non-hydrogen) atoms. The SMILES string of the molecule is Cc1nnc(-c2cccc(C(=O)N(C)CCc3ccccc3)c2)o1. The zero-order valence-corrected chi connectivity index (χ0v) is 13.8. The van der Waals surface area contributed by atoms with Crippen molar-refractivity contribution in [3.63, 3.8) is 0 Å². The second-order valence-corrected chi connectivity index (χ2v) is 5.67. The molecule has 3 aromatic rings. The zero-order chi connectivity index (χ0) is 16.9. The molecule has 3 rings (SSSR count). The molecule has 0 spiro atoms. The number of aromatic nitrogens is 2. The number of hydrogen-bond acceptors (Lipinski definition) is 4. The molecule has 0 fully saturated rings. The number of carbonyl (C=O) groups is 1. The number of aryl methyl sites for hydroxylation is 1. The molecule has 0 aliphatic heterocycles. The van der Waals surface area contributed by atoms with Gasteiger partial charge in [0.2, 0.25) is 11.8 Å². The topological polar surface area (TPSA) is 59.2 Å². The minimum Gasteiger partial charge on any atom is -0.421 e. The van der Waals surface area contributed by atoms with Crippen LogP contribution in [0.5, 0.6) is 0 Å². The van der Waals surface area contributed by atoms with Crippen LogP contribution in [0.1, 0.15) is 21.8 Å². The van der Waals surface area contributed by atoms with Crippen molar-refractivity contribution in [2.24, 2.45) is 0 Å². The van der Waals surface area contributed by atoms with Crippen molar-refractivity contribution in [2.45, 2.75) is 13.3 Å². The third kappa shape index (κ3) is 3.68. The number of hydrogen-bond donors (Lipinski definition) is 0. The Hall–Kier alpha value is -2.95. The summed E-state index contributed by atoms with van der Waals surface area (Å²) in [5, 5.41) is 7.82. The first kappa shape index (κ1) is 15.9. The lowest BCUT2D eigenvalue weighted by atomic mass is 10.1. The summed E-state index contributed by atoms with van der Waals surface area (Å²) in [4.78, 5) is 14.3. The molecule has 0 bridgehead atoms. The summed E-state index contributed by atoms with van der Waals surface area (Å²) in [6.07, 6.45) is 0.825. The number of rotatable bonds is 5. The van der Waals surface area contributed by atoms with E-state index in [2.05, 4.69) is 22.3 Å². The molecule has 0 radical (unpaired) electrons. The molecule has 0 aliphatic carbocycles. The molecular formula is C19H19N3O2. The van der Waals surface area contributed by atoms with E-state index >= 15 is 0 Å². The van der Waals surface area contributed by atoms with E-state index in [4.69, 9.17) is 4.42 Å². The van der Waals surface area contributed by atoms with Crippen LogP contribution in [-0.4, -0.2) is 34.6 Å². The molecule has 122 valence electrons. The third-order valence-corrected chi connectivity index (χ3v) is 3.81. The highest BCUT2D eigenvalue weighted by atomic mass is 16.4. The van der Waals surface area contributed by atoms with Gasteiger partial charge in [-0.15, -0.1) is 10.2 Å². The molecular weight excluding hydrogens is 302 g/mol. The molecule has 5 nitrogen and oxygen atoms in total. The molecule has 0 atom stereocenters. The summed E-state index contributed by atoms with van der Waals surface area (Å²) in [5.41, 5.74) is 2.57. The molecule has 0 saturated heterocycles. The normalized spacial score (nSPS) is 10.6. The van der Waals surface area contributed by atoms with Crippen molar-refractivity contribution in [3.8, 4) is 11.5 Å². The van der Waals surface area contributed by atoms with Crippen molar-refractivity contribution in [3.05, 3.63) is 71.6 Å². The molecule has 2 aromatic carbocycles. The summed E-state index contributed by atoms with van der Waals surface area (Å²) in [7, 11) is 1.81. The van der Waals surface area contributed by atoms with Gasteiger partial charge in [0.15, 0.2) is 0 Å². The first-order valence-electron chi connectivity index (χ1n) is 7.83. The van der Waals surface area contributed by atoms with Gasteiger partial charge in [-0.2, -0.15) is 0 Å². The first-order valence-corrected chi connectivity index (χ1v) is 7.83. The fourth-order valence-electron chi connectivity index (χ4n) is 2.46. The predicted octanol–water partition coefficient (Wildman–Crippen LogP) is 3.36. The van der Waals surface area contributed by atoms with Crippen LogP contribution in [0.15, 0.2) is 59.0 Å². The Morgan fingerprint density at radius 3 is 2.58 bits per heavy atom. The highest BCUT2D eigenvalue weighted by Gasteiger charge is 2.14. The predicted molar refractivity (Wildman–Crippen MR) is 91.6 cm³/mol. The Morgan fingerprint density at radius 1 is 1.08 bits per heavy atom. The molecule has 5 heteroatoms. The Morgan fingerprint density at radius 2 is 1.88 bits per heavy atom. The van der Waals surface area contributed by atoms with Crippen molar-refractivity contribution < 1.29 is 9.21 Å². The average molecular weight is 321 g/mol. The largest absolute Gasteiger partial charge is 0.421 e. The van der Waals surface area contributed by atoms with Crippen molar-refractivity contribution in [1.29, 1.82) is 0 Å². The number of likely N-dealkylation sites (N-methyl/N-ethyl adjacent to an activating group) is 1. The number of amides is 1. The van der Waals surface area contributed by atoms with Crippen LogP contribution in [-0.2, 0) is 6.42 Å². The molecule has 0 unspecified atom stereocenters. The van der Waals surface area contributed by atoms with Gasteiger partial charge in [-0.05, 0) is 30.2 Å². The van der Waals surface area contributed by atoms with Crippen molar-refractivity contribution in [2.75, 3.05) is 13.6 Å². The summed E-state index contributed by atoms with van der Waals surface area (Å²) < 4.78 is 5.42. The van der Waals surface area contributed by atoms with Gasteiger partial charge < -0.3 is 9.32 Å². The lowest BCUT2D eigenvalue weighted by Crippen LogP contribution is -2.28. The van der Waals surface area contributed by atoms with Crippen LogP contribution >= 0.6 is 0 Å². The zero-order valence-electron chi connectivity index (χ0n) is 13.8. The lowest BCUT2D eigenvalue weighted by Gasteiger charge is -2.17. The summed E-state index contributed by atoms with van der Waals surface area (Å²) in [5.74, 6) is 0.903. The van der Waals surface area contributed by atoms with E-state index in [-0.39, 0.29) is 5.91 Å². The first-order chi connectivity index (χ1) is 11.6. The van der Waals surface area contributed by atoms with Crippen LogP contribution in [0, 0.1) is 6.92 Å². The standard InChI is InChI=1S/C19H19N3O2/c1-14-20-21-18(24-14)16-9-6-10-17(13-16)19(23)22(2)12-11-15-7-4-3-5-8-15/h3-10,13H,11-12H2,1-2H3. The summed E-state index contributed by atoms with van der Waals surface area (Å²) >= 11 is 0. The van der Waals surface area contributed by atoms with Crippen LogP contribution in [0.4, 0.5) is 0 Å². The van der Waals surface area contributed by atoms with Gasteiger partial charge in [-0.1, -0.05) is 36.4 Å². The lowest BCUT2D eigenvalue weighted by molar-refractivity contribution is 0.0796. The van der Waals surface area contributed by atoms with E-state index in [0.29, 0.717) is 23.9 Å². The number of benzene rings is 2. The molecule has 0 aliphatic rings. The van der Waals surface area contributed by atoms with Gasteiger partial charge in [0.25, 0.3) is 5.91 Å². The highest BCUT2D eigenvalue weighted by Crippen LogP contribution is 2.19. The van der Waals surface area contributed by atoms with E-state index in [9.17, 15) is 4.79 Å². The second-order valence-electron chi connectivity index (χ2n) is 5.67. The van der Waals surface area contributed by atoms with Gasteiger partial charge in [0.1, 0.15) is 0 Å². The Labute approximate surface area is 140 Å². The van der Waals surface area contributed by atoms with E-state index in [0.717, 1.165) is 12.0 Å². The average Bonchev–Trinajstić information content (AvgIpc) is 3.06. The molecule has 1 aromatic heterocycles. The number of carbonyl (C=O) groups excluding carboxylic acids is 1. The van der Waals surface area contributed by atoms with Crippen LogP contribution in [0.25, 0.3) is 11.5 Å². The highest BCUT2D eigenvalue weighted by molar-refractivity contribution is 5.95. The minimum atomic E-state index is -0.0241. The van der Waals surface area contributed by atoms with Gasteiger partial charge >= 0.3 is 0 Å². The van der Waals surface area contributed by atoms with Gasteiger partial charge in [-0.25, -0.2) is 0 Å². The van der Waals surface area contributed by atoms with Crippen LogP contribution < -0.4 is 0 Å². The quantitative estimate of drug-likeness (QED) is 0.723. The fraction of sp³-hybridized carbons (Fsp3) is 0.211. The third-order valence-electron chi connectivity index (χ3n) is 3.81. The van der Waals surface area contributed by atoms with Crippen molar-refractivity contribution >= 4 is 5.91 Å². The van der Waals surface area contributed by atoms with Gasteiger partial charge in [0.05, 0.1) is 0 Å². The van der Waals surface area contributed by atoms with E-state index in [1.54, 1.807) is 24.0 Å². The monoisotopic (exact) mass is 321 g/mol. The van der Waals surface area contributed by atoms with Crippen LogP contribution in [0.3, 0.4) is 0 Å². The van der Waals surface area contributed by atoms with Gasteiger partial charge in [0, 0.05) is 31.6 Å². The van der Waals surface area contributed by atoms with Crippen molar-refractivity contribution in [1.82, 2.24) is 15.1 Å². The van der Waals surface area contributed by atoms with Crippen LogP contribution in [0.2, 0.25) is 0 Å². The molecule has 1 amide bonds. The molecule has 0 N–H and O–H groups in total. The fourth-order valence-corrected chi connectivity index (χ4v) is 2.46. The second kappa shape index (κ2) is 7.08. The van der Waals surface area contributed by atoms with E-state index in [1.165, 1.54) is 5.56 Å². The van der Waals surface area contributed by atoms with Gasteiger partial charge in [-0.3, -0.25) is 4.79 Å². The maximum atomic E-state index is 12.6. The maximum Gasteiger partial charge on any atom is 0.253 e. The molecule has 1 heterocycles. The van der Waals surface area contributed by atoms with E-state index < -0.39 is 0 Å². The van der Waals surface area contributed by atoms with E-state index in [1.807, 2.05) is 37.4 Å². The minimum absolute atomic E-state index is 0.0241. The Balaban J connectivity index is 1.70. The Bertz CT molecular complexity index is 827. The summed E-state index contributed by atoms with van der Waals surface area (Å²) in [6, 6.07) is 17.4. The number of nitrogens with zero attached hydrogens (tertiary/aromatic N) is 3. The maximum absolute atomic E-state index is 12.6. The smallest absolute Gasteiger partial charge is 0.253 e. The summed E-state index contributed by atoms with van der Waals surface area (Å²) in [6.45, 7) is 2.40.